The second kappa shape index (κ2) is 10.1. The summed E-state index contributed by atoms with van der Waals surface area (Å²) in [5, 5.41) is 6.75. The zero-order valence-corrected chi connectivity index (χ0v) is 19.1. The summed E-state index contributed by atoms with van der Waals surface area (Å²) in [5.74, 6) is 0.211. The number of thiocarbonyl (C=S) groups is 1. The molecule has 1 aliphatic rings. The molecule has 0 bridgehead atoms. The first-order valence-corrected chi connectivity index (χ1v) is 10.7. The van der Waals surface area contributed by atoms with Crippen LogP contribution < -0.4 is 20.3 Å². The van der Waals surface area contributed by atoms with Gasteiger partial charge in [-0.05, 0) is 49.4 Å². The molecule has 8 heteroatoms. The van der Waals surface area contributed by atoms with Crippen LogP contribution in [0.3, 0.4) is 0 Å². The Morgan fingerprint density at radius 2 is 1.87 bits per heavy atom. The van der Waals surface area contributed by atoms with Crippen LogP contribution in [0.25, 0.3) is 0 Å². The molecule has 0 spiro atoms. The van der Waals surface area contributed by atoms with Crippen molar-refractivity contribution in [2.24, 2.45) is 0 Å². The van der Waals surface area contributed by atoms with Crippen molar-refractivity contribution in [1.82, 2.24) is 10.2 Å². The average molecular weight is 447 g/mol. The Balaban J connectivity index is 1.74. The highest BCUT2D eigenvalue weighted by atomic mass is 35.5. The van der Waals surface area contributed by atoms with E-state index in [-0.39, 0.29) is 11.0 Å². The number of aryl methyl sites for hydroxylation is 1. The number of para-hydroxylation sites is 2. The molecular formula is C22H27ClN4O2S. The molecule has 1 heterocycles. The summed E-state index contributed by atoms with van der Waals surface area (Å²) in [5.41, 5.74) is 2.99. The maximum absolute atomic E-state index is 12.7. The molecule has 1 saturated heterocycles. The minimum atomic E-state index is -0.326. The molecule has 0 aliphatic carbocycles. The van der Waals surface area contributed by atoms with E-state index in [1.54, 1.807) is 13.2 Å². The highest BCUT2D eigenvalue weighted by Crippen LogP contribution is 2.34. The maximum Gasteiger partial charge on any atom is 0.261 e. The lowest BCUT2D eigenvalue weighted by atomic mass is 10.1. The van der Waals surface area contributed by atoms with Crippen LogP contribution in [0.1, 0.15) is 22.8 Å². The van der Waals surface area contributed by atoms with Crippen LogP contribution in [0, 0.1) is 6.92 Å². The second-order valence-corrected chi connectivity index (χ2v) is 7.94. The zero-order valence-electron chi connectivity index (χ0n) is 17.5. The number of carbonyl (C=O) groups is 1. The van der Waals surface area contributed by atoms with Crippen molar-refractivity contribution in [3.8, 4) is 5.75 Å². The third kappa shape index (κ3) is 5.03. The normalized spacial score (nSPS) is 14.3. The molecule has 2 aromatic rings. The van der Waals surface area contributed by atoms with Gasteiger partial charge < -0.3 is 19.9 Å². The van der Waals surface area contributed by atoms with Gasteiger partial charge in [-0.2, -0.15) is 0 Å². The van der Waals surface area contributed by atoms with E-state index in [1.807, 2.05) is 37.3 Å². The third-order valence-corrected chi connectivity index (χ3v) is 5.77. The summed E-state index contributed by atoms with van der Waals surface area (Å²) in [6.45, 7) is 8.83. The van der Waals surface area contributed by atoms with Crippen molar-refractivity contribution in [1.29, 1.82) is 0 Å². The monoisotopic (exact) mass is 446 g/mol. The largest absolute Gasteiger partial charge is 0.496 e. The molecule has 0 aromatic heterocycles. The van der Waals surface area contributed by atoms with E-state index in [4.69, 9.17) is 28.6 Å². The first-order chi connectivity index (χ1) is 14.4. The van der Waals surface area contributed by atoms with Gasteiger partial charge in [0.1, 0.15) is 5.75 Å². The van der Waals surface area contributed by atoms with Crippen LogP contribution in [0.4, 0.5) is 11.4 Å². The lowest BCUT2D eigenvalue weighted by Gasteiger charge is -2.37. The van der Waals surface area contributed by atoms with Gasteiger partial charge in [0.15, 0.2) is 5.11 Å². The molecule has 3 rings (SSSR count). The Morgan fingerprint density at radius 1 is 1.17 bits per heavy atom. The second-order valence-electron chi connectivity index (χ2n) is 7.12. The van der Waals surface area contributed by atoms with Crippen LogP contribution in [0.15, 0.2) is 36.4 Å². The first kappa shape index (κ1) is 22.3. The number of likely N-dealkylation sites (N-methyl/N-ethyl adjacent to an activating group) is 1. The van der Waals surface area contributed by atoms with Crippen LogP contribution in [-0.2, 0) is 0 Å². The number of hydrogen-bond donors (Lipinski definition) is 2. The number of carbonyl (C=O) groups excluding carboxylic acids is 1. The van der Waals surface area contributed by atoms with E-state index < -0.39 is 0 Å². The fourth-order valence-electron chi connectivity index (χ4n) is 3.65. The summed E-state index contributed by atoms with van der Waals surface area (Å²) >= 11 is 11.9. The number of rotatable bonds is 5. The molecule has 1 fully saturated rings. The standard InChI is InChI=1S/C22H27ClN4O2S/c1-4-26-11-13-27(14-12-26)19-17(23)9-6-10-18(19)24-22(30)25-21(28)16-8-5-7-15(2)20(16)29-3/h5-10H,4,11-14H2,1-3H3,(H2,24,25,28,30). The van der Waals surface area contributed by atoms with E-state index in [0.717, 1.165) is 49.7 Å². The van der Waals surface area contributed by atoms with Crippen molar-refractivity contribution in [2.45, 2.75) is 13.8 Å². The topological polar surface area (TPSA) is 56.8 Å². The predicted molar refractivity (Wildman–Crippen MR) is 127 cm³/mol. The molecule has 6 nitrogen and oxygen atoms in total. The molecular weight excluding hydrogens is 420 g/mol. The summed E-state index contributed by atoms with van der Waals surface area (Å²) < 4.78 is 5.38. The lowest BCUT2D eigenvalue weighted by molar-refractivity contribution is 0.0974. The minimum Gasteiger partial charge on any atom is -0.496 e. The van der Waals surface area contributed by atoms with E-state index in [0.29, 0.717) is 16.3 Å². The number of methoxy groups -OCH3 is 1. The third-order valence-electron chi connectivity index (χ3n) is 5.26. The molecule has 30 heavy (non-hydrogen) atoms. The number of ether oxygens (including phenoxy) is 1. The van der Waals surface area contributed by atoms with Gasteiger partial charge in [-0.1, -0.05) is 36.7 Å². The number of amides is 1. The Bertz CT molecular complexity index is 929. The van der Waals surface area contributed by atoms with Crippen molar-refractivity contribution in [2.75, 3.05) is 50.1 Å². The van der Waals surface area contributed by atoms with Crippen LogP contribution in [0.2, 0.25) is 5.02 Å². The van der Waals surface area contributed by atoms with Gasteiger partial charge in [-0.25, -0.2) is 0 Å². The number of benzene rings is 2. The number of nitrogens with one attached hydrogen (secondary N) is 2. The Morgan fingerprint density at radius 3 is 2.53 bits per heavy atom. The fraction of sp³-hybridized carbons (Fsp3) is 0.364. The van der Waals surface area contributed by atoms with E-state index in [2.05, 4.69) is 27.4 Å². The quantitative estimate of drug-likeness (QED) is 0.679. The minimum absolute atomic E-state index is 0.208. The molecule has 1 amide bonds. The van der Waals surface area contributed by atoms with Crippen molar-refractivity contribution in [3.63, 3.8) is 0 Å². The number of anilines is 2. The fourth-order valence-corrected chi connectivity index (χ4v) is 4.15. The van der Waals surface area contributed by atoms with Crippen LogP contribution >= 0.6 is 23.8 Å². The number of nitrogens with zero attached hydrogens (tertiary/aromatic N) is 2. The Labute approximate surface area is 188 Å². The maximum atomic E-state index is 12.7. The molecule has 0 unspecified atom stereocenters. The summed E-state index contributed by atoms with van der Waals surface area (Å²) in [7, 11) is 1.55. The SMILES string of the molecule is CCN1CCN(c2c(Cl)cccc2NC(=S)NC(=O)c2cccc(C)c2OC)CC1. The molecule has 2 aromatic carbocycles. The number of halogens is 1. The van der Waals surface area contributed by atoms with E-state index in [9.17, 15) is 4.79 Å². The van der Waals surface area contributed by atoms with Gasteiger partial charge in [-0.15, -0.1) is 0 Å². The van der Waals surface area contributed by atoms with Gasteiger partial charge in [0.05, 0.1) is 29.1 Å². The molecule has 1 aliphatic heterocycles. The summed E-state index contributed by atoms with van der Waals surface area (Å²) in [6.07, 6.45) is 0. The smallest absolute Gasteiger partial charge is 0.261 e. The Kier molecular flexibility index (Phi) is 7.53. The van der Waals surface area contributed by atoms with Crippen molar-refractivity contribution < 1.29 is 9.53 Å². The summed E-state index contributed by atoms with van der Waals surface area (Å²) in [4.78, 5) is 17.4. The van der Waals surface area contributed by atoms with Gasteiger partial charge >= 0.3 is 0 Å². The van der Waals surface area contributed by atoms with Gasteiger partial charge in [-0.3, -0.25) is 10.1 Å². The van der Waals surface area contributed by atoms with Gasteiger partial charge in [0, 0.05) is 26.2 Å². The highest BCUT2D eigenvalue weighted by Gasteiger charge is 2.21. The highest BCUT2D eigenvalue weighted by molar-refractivity contribution is 7.80. The first-order valence-electron chi connectivity index (χ1n) is 9.96. The molecule has 160 valence electrons. The van der Waals surface area contributed by atoms with Crippen molar-refractivity contribution >= 4 is 46.2 Å². The molecule has 0 saturated carbocycles. The summed E-state index contributed by atoms with van der Waals surface area (Å²) in [6, 6.07) is 11.1. The average Bonchev–Trinajstić information content (AvgIpc) is 2.73. The van der Waals surface area contributed by atoms with E-state index >= 15 is 0 Å². The Hall–Kier alpha value is -2.35. The molecule has 2 N–H and O–H groups in total. The van der Waals surface area contributed by atoms with E-state index in [1.165, 1.54) is 0 Å². The molecule has 0 atom stereocenters. The predicted octanol–water partition coefficient (Wildman–Crippen LogP) is 3.93. The van der Waals surface area contributed by atoms with Crippen molar-refractivity contribution in [3.05, 3.63) is 52.5 Å². The molecule has 0 radical (unpaired) electrons. The lowest BCUT2D eigenvalue weighted by Crippen LogP contribution is -2.46. The zero-order chi connectivity index (χ0) is 21.7. The van der Waals surface area contributed by atoms with Gasteiger partial charge in [0.25, 0.3) is 5.91 Å². The van der Waals surface area contributed by atoms with Crippen LogP contribution in [-0.4, -0.2) is 55.8 Å². The number of piperazine rings is 1. The van der Waals surface area contributed by atoms with Gasteiger partial charge in [0.2, 0.25) is 0 Å². The number of hydrogen-bond acceptors (Lipinski definition) is 5. The van der Waals surface area contributed by atoms with Crippen LogP contribution in [0.5, 0.6) is 5.75 Å².